The maximum Gasteiger partial charge on any atom is 0.355 e. The number of ether oxygens (including phenoxy) is 1. The van der Waals surface area contributed by atoms with Crippen LogP contribution in [0.25, 0.3) is 22.2 Å². The van der Waals surface area contributed by atoms with Gasteiger partial charge in [-0.25, -0.2) is 14.8 Å². The van der Waals surface area contributed by atoms with Crippen LogP contribution in [0.2, 0.25) is 0 Å². The SMILES string of the molecule is COC(=O)c1c(-c2ccnc(Nc3cc(N)c(N(C)CCN(C)C)cc3C)n2)c2ccccc2n1C.[3HH].[3H][3H].[3H][3H].[3H][3H].[3H][3H].[3H][3H].[3H][3H].[3H][3H].[3H][3H].[3H][3H].[3H][3H].[3H][3H].[3H][3H]. The maximum atomic E-state index is 12.7. The van der Waals surface area contributed by atoms with Crippen molar-refractivity contribution in [3.63, 3.8) is 0 Å². The summed E-state index contributed by atoms with van der Waals surface area (Å²) in [5, 5.41) is 4.22. The molecule has 2 heterocycles. The van der Waals surface area contributed by atoms with Crippen molar-refractivity contribution < 1.29 is 46.6 Å². The van der Waals surface area contributed by atoms with Crippen LogP contribution in [0.15, 0.2) is 48.7 Å². The van der Waals surface area contributed by atoms with Crippen molar-refractivity contribution in [1.29, 1.82) is 0 Å². The average Bonchev–Trinajstić information content (AvgIpc) is 3.66. The van der Waals surface area contributed by atoms with Crippen LogP contribution >= 0.6 is 0 Å². The van der Waals surface area contributed by atoms with Crippen LogP contribution in [0.5, 0.6) is 0 Å². The van der Waals surface area contributed by atoms with Crippen molar-refractivity contribution in [3.05, 3.63) is 59.9 Å². The lowest BCUT2D eigenvalue weighted by atomic mass is 10.1. The van der Waals surface area contributed by atoms with Gasteiger partial charge in [-0.05, 0) is 50.8 Å². The Morgan fingerprint density at radius 1 is 1.19 bits per heavy atom. The van der Waals surface area contributed by atoms with Crippen molar-refractivity contribution in [1.82, 2.24) is 19.4 Å². The average molecular weight is 564 g/mol. The number of rotatable bonds is 8. The molecule has 0 radical (unpaired) electrons. The lowest BCUT2D eigenvalue weighted by Crippen LogP contribution is -2.29. The van der Waals surface area contributed by atoms with Crippen LogP contribution in [0.1, 0.15) is 53.1 Å². The fraction of sp³-hybridized carbons (Fsp3) is 0.296. The maximum absolute atomic E-state index is 12.7. The standard InChI is InChI=1S/C27H33N7O2.13H2/c1-17-15-23(33(4)14-13-32(2)3)19(28)16-21(17)31-27-29-12-11-20(30-27)24-18-9-7-8-10-22(18)34(5)25(24)26(35)36-6;;;;;;;;;;;;;/h7-12,15-16H,13-14,28H2,1-6H3,(H,29,30,31);13*1H/i;12*1+2T;1+2. The first-order valence-corrected chi connectivity index (χ1v) is 11.7. The van der Waals surface area contributed by atoms with Gasteiger partial charge in [-0.2, -0.15) is 0 Å². The van der Waals surface area contributed by atoms with E-state index in [4.69, 9.17) is 51.1 Å². The first-order valence-electron chi connectivity index (χ1n) is 23.7. The Balaban J connectivity index is -0.000000112. The highest BCUT2D eigenvalue weighted by Gasteiger charge is 2.24. The Labute approximate surface area is 250 Å². The lowest BCUT2D eigenvalue weighted by Gasteiger charge is -2.24. The number of nitrogens with two attached hydrogens (primary N) is 1. The summed E-state index contributed by atoms with van der Waals surface area (Å²) in [5.41, 5.74) is 12.6. The number of nitrogens with one attached hydrogen (secondary N) is 1. The van der Waals surface area contributed by atoms with Crippen LogP contribution in [-0.4, -0.2) is 66.7 Å². The number of likely N-dealkylation sites (N-methyl/N-ethyl adjacent to an activating group) is 2. The molecule has 9 nitrogen and oxygen atoms in total. The molecule has 9 heteroatoms. The molecule has 4 aromatic rings. The van der Waals surface area contributed by atoms with Gasteiger partial charge < -0.3 is 30.2 Å². The number of carbonyl (C=O) groups excluding carboxylic acids is 1. The number of methoxy groups -OCH3 is 1. The molecule has 4 rings (SSSR count). The highest BCUT2D eigenvalue weighted by atomic mass is 16.5. The van der Waals surface area contributed by atoms with Crippen LogP contribution in [0.4, 0.5) is 23.0 Å². The van der Waals surface area contributed by atoms with E-state index in [0.717, 1.165) is 40.9 Å². The van der Waals surface area contributed by atoms with E-state index in [2.05, 4.69) is 40.3 Å². The van der Waals surface area contributed by atoms with Crippen LogP contribution in [0.3, 0.4) is 0 Å². The molecule has 0 unspecified atom stereocenters. The van der Waals surface area contributed by atoms with Gasteiger partial charge in [-0.3, -0.25) is 0 Å². The molecule has 0 aliphatic heterocycles. The molecule has 0 saturated carbocycles. The topological polar surface area (TPSA) is 102 Å². The number of benzene rings is 2. The quantitative estimate of drug-likeness (QED) is 0.171. The molecular weight excluding hydrogens is 454 g/mol. The third-order valence-corrected chi connectivity index (χ3v) is 6.31. The van der Waals surface area contributed by atoms with E-state index in [1.807, 2.05) is 55.9 Å². The molecule has 3 N–H and O–H groups in total. The predicted octanol–water partition coefficient (Wildman–Crippen LogP) is 7.25. The number of aryl methyl sites for hydroxylation is 2. The Morgan fingerprint density at radius 3 is 2.67 bits per heavy atom. The fourth-order valence-electron chi connectivity index (χ4n) is 4.31. The van der Waals surface area contributed by atoms with Gasteiger partial charge >= 0.3 is 5.97 Å². The van der Waals surface area contributed by atoms with Crippen LogP contribution in [0, 0.1) is 6.92 Å². The summed E-state index contributed by atoms with van der Waals surface area (Å²) in [6.45, 7) is 3.81. The van der Waals surface area contributed by atoms with E-state index in [9.17, 15) is 4.79 Å². The number of anilines is 4. The van der Waals surface area contributed by atoms with Gasteiger partial charge in [0.15, 0.2) is 0 Å². The molecule has 0 spiro atoms. The number of carbonyl (C=O) groups is 1. The molecule has 214 valence electrons. The number of hydrogen-bond donors (Lipinski definition) is 2. The van der Waals surface area contributed by atoms with Gasteiger partial charge in [0.2, 0.25) is 5.95 Å². The Bertz CT molecular complexity index is 1470. The molecule has 2 aromatic carbocycles. The van der Waals surface area contributed by atoms with E-state index in [1.54, 1.807) is 12.3 Å². The molecule has 0 fully saturated rings. The van der Waals surface area contributed by atoms with E-state index in [-0.39, 0.29) is 1.43 Å². The van der Waals surface area contributed by atoms with E-state index >= 15 is 0 Å². The number of fused-ring (bicyclic) bond motifs is 1. The third-order valence-electron chi connectivity index (χ3n) is 6.31. The summed E-state index contributed by atoms with van der Waals surface area (Å²) in [6.07, 6.45) is 1.68. The van der Waals surface area contributed by atoms with Crippen LogP contribution in [-0.2, 0) is 11.8 Å². The molecule has 0 atom stereocenters. The zero-order chi connectivity index (χ0) is 50.0. The highest BCUT2D eigenvalue weighted by molar-refractivity contribution is 6.08. The molecule has 0 aliphatic rings. The summed E-state index contributed by atoms with van der Waals surface area (Å²) in [5.74, 6) is -0.0122. The van der Waals surface area contributed by atoms with Crippen molar-refractivity contribution in [2.75, 3.05) is 57.3 Å². The van der Waals surface area contributed by atoms with Crippen molar-refractivity contribution >= 4 is 39.9 Å². The van der Waals surface area contributed by atoms with Gasteiger partial charge in [0.25, 0.3) is 0 Å². The van der Waals surface area contributed by atoms with E-state index in [0.29, 0.717) is 28.6 Å². The van der Waals surface area contributed by atoms with Crippen molar-refractivity contribution in [2.24, 2.45) is 7.05 Å². The summed E-state index contributed by atoms with van der Waals surface area (Å²) < 4.78 is 127. The first-order chi connectivity index (χ1) is 29.2. The third kappa shape index (κ3) is 4.83. The zero-order valence-corrected chi connectivity index (χ0v) is 21.7. The van der Waals surface area contributed by atoms with Crippen LogP contribution < -0.4 is 16.0 Å². The summed E-state index contributed by atoms with van der Waals surface area (Å²) in [7, 11) is 9.37. The number of aromatic nitrogens is 3. The van der Waals surface area contributed by atoms with Gasteiger partial charge in [0.1, 0.15) is 5.69 Å². The number of esters is 1. The lowest BCUT2D eigenvalue weighted by molar-refractivity contribution is 0.0591. The molecule has 0 aliphatic carbocycles. The largest absolute Gasteiger partial charge is 0.464 e. The summed E-state index contributed by atoms with van der Waals surface area (Å²) in [6, 6.07) is 13.6. The number of nitrogens with zero attached hydrogens (tertiary/aromatic N) is 5. The number of hydrogen-bond acceptors (Lipinski definition) is 8. The molecule has 0 saturated heterocycles. The molecule has 0 bridgehead atoms. The van der Waals surface area contributed by atoms with Gasteiger partial charge in [-0.1, -0.05) is 18.2 Å². The number of para-hydroxylation sites is 1. The van der Waals surface area contributed by atoms with Crippen molar-refractivity contribution in [2.45, 2.75) is 6.92 Å². The smallest absolute Gasteiger partial charge is 0.355 e. The number of nitrogen functional groups attached to an aromatic ring is 1. The Hall–Kier alpha value is -4.11. The predicted molar refractivity (Wildman–Crippen MR) is 173 cm³/mol. The van der Waals surface area contributed by atoms with E-state index < -0.39 is 5.97 Å². The molecule has 0 amide bonds. The fourth-order valence-corrected chi connectivity index (χ4v) is 4.31. The summed E-state index contributed by atoms with van der Waals surface area (Å²) >= 11 is 0. The highest BCUT2D eigenvalue weighted by Crippen LogP contribution is 2.35. The first kappa shape index (κ1) is 13.8. The van der Waals surface area contributed by atoms with Gasteiger partial charge in [-0.15, -0.1) is 0 Å². The minimum Gasteiger partial charge on any atom is -0.464 e. The minimum absolute atomic E-state index is 0. The summed E-state index contributed by atoms with van der Waals surface area (Å²) in [4.78, 5) is 26.2. The second-order valence-corrected chi connectivity index (χ2v) is 9.13. The van der Waals surface area contributed by atoms with Gasteiger partial charge in [0, 0.05) is 92.6 Å². The van der Waals surface area contributed by atoms with E-state index in [1.165, 1.54) is 7.11 Å². The minimum atomic E-state index is -0.422. The Kier molecular flexibility index (Phi) is 3.94. The zero-order valence-electron chi connectivity index (χ0n) is 45.7. The normalized spacial score (nSPS) is 13.9. The van der Waals surface area contributed by atoms with Gasteiger partial charge in [0.05, 0.1) is 24.2 Å². The van der Waals surface area contributed by atoms with Crippen molar-refractivity contribution in [3.8, 4) is 11.3 Å². The molecule has 2 aromatic heterocycles. The second kappa shape index (κ2) is 10.2. The molecular formula is C27H59N7O2. The molecule has 36 heavy (non-hydrogen) atoms. The second-order valence-electron chi connectivity index (χ2n) is 9.13. The Morgan fingerprint density at radius 2 is 1.94 bits per heavy atom. The monoisotopic (exact) mass is 564 g/mol.